The highest BCUT2D eigenvalue weighted by Crippen LogP contribution is 2.24. The molecule has 0 radical (unpaired) electrons. The Balaban J connectivity index is 1.59. The Bertz CT molecular complexity index is 1100. The molecule has 3 aromatic rings. The monoisotopic (exact) mass is 425 g/mol. The van der Waals surface area contributed by atoms with E-state index in [-0.39, 0.29) is 12.3 Å². The number of methoxy groups -OCH3 is 2. The highest BCUT2D eigenvalue weighted by Gasteiger charge is 2.13. The summed E-state index contributed by atoms with van der Waals surface area (Å²) in [5.74, 6) is 1.21. The second kappa shape index (κ2) is 10.6. The maximum Gasteiger partial charge on any atom is 0.339 e. The fraction of sp³-hybridized carbons (Fsp3) is 0.333. The minimum atomic E-state index is -0.424. The molecule has 0 saturated heterocycles. The summed E-state index contributed by atoms with van der Waals surface area (Å²) in [6.45, 7) is 3.23. The van der Waals surface area contributed by atoms with E-state index in [1.165, 1.54) is 0 Å². The molecule has 0 saturated carbocycles. The van der Waals surface area contributed by atoms with Gasteiger partial charge in [-0.25, -0.2) is 4.79 Å². The van der Waals surface area contributed by atoms with Gasteiger partial charge in [-0.05, 0) is 48.7 Å². The van der Waals surface area contributed by atoms with Crippen LogP contribution in [0.5, 0.6) is 11.5 Å². The second-order valence-electron chi connectivity index (χ2n) is 7.12. The predicted octanol–water partition coefficient (Wildman–Crippen LogP) is 3.38. The summed E-state index contributed by atoms with van der Waals surface area (Å²) in [4.78, 5) is 24.8. The van der Waals surface area contributed by atoms with Gasteiger partial charge in [0, 0.05) is 37.1 Å². The lowest BCUT2D eigenvalue weighted by molar-refractivity contribution is -0.121. The SMILES string of the molecule is COCCOc1cccc(CNC(=O)CCc2c(C)c3ccc(OC)cc3oc2=O)c1. The summed E-state index contributed by atoms with van der Waals surface area (Å²) >= 11 is 0. The van der Waals surface area contributed by atoms with Crippen LogP contribution in [0.25, 0.3) is 11.0 Å². The molecule has 0 unspecified atom stereocenters. The van der Waals surface area contributed by atoms with E-state index in [2.05, 4.69) is 5.32 Å². The van der Waals surface area contributed by atoms with Gasteiger partial charge in [0.2, 0.25) is 5.91 Å². The normalized spacial score (nSPS) is 10.8. The average molecular weight is 425 g/mol. The first kappa shape index (κ1) is 22.4. The third kappa shape index (κ3) is 5.86. The number of carbonyl (C=O) groups excluding carboxylic acids is 1. The van der Waals surface area contributed by atoms with Crippen molar-refractivity contribution in [2.24, 2.45) is 0 Å². The topological polar surface area (TPSA) is 87.0 Å². The molecule has 164 valence electrons. The largest absolute Gasteiger partial charge is 0.497 e. The van der Waals surface area contributed by atoms with Gasteiger partial charge in [-0.3, -0.25) is 4.79 Å². The van der Waals surface area contributed by atoms with Crippen molar-refractivity contribution < 1.29 is 23.4 Å². The van der Waals surface area contributed by atoms with Gasteiger partial charge in [0.25, 0.3) is 0 Å². The Morgan fingerprint density at radius 3 is 2.68 bits per heavy atom. The molecule has 1 N–H and O–H groups in total. The molecule has 1 amide bonds. The first-order valence-corrected chi connectivity index (χ1v) is 10.1. The van der Waals surface area contributed by atoms with Crippen LogP contribution in [0.3, 0.4) is 0 Å². The van der Waals surface area contributed by atoms with Gasteiger partial charge in [-0.2, -0.15) is 0 Å². The smallest absolute Gasteiger partial charge is 0.339 e. The number of fused-ring (bicyclic) bond motifs is 1. The molecule has 7 heteroatoms. The Kier molecular flexibility index (Phi) is 7.67. The minimum Gasteiger partial charge on any atom is -0.497 e. The van der Waals surface area contributed by atoms with E-state index in [9.17, 15) is 9.59 Å². The van der Waals surface area contributed by atoms with Crippen LogP contribution in [0.15, 0.2) is 51.7 Å². The predicted molar refractivity (Wildman–Crippen MR) is 118 cm³/mol. The molecule has 3 rings (SSSR count). The number of amides is 1. The van der Waals surface area contributed by atoms with Crippen LogP contribution < -0.4 is 20.4 Å². The first-order chi connectivity index (χ1) is 15.0. The number of benzene rings is 2. The number of carbonyl (C=O) groups is 1. The quantitative estimate of drug-likeness (QED) is 0.396. The van der Waals surface area contributed by atoms with Crippen molar-refractivity contribution in [1.82, 2.24) is 5.32 Å². The molecule has 7 nitrogen and oxygen atoms in total. The Morgan fingerprint density at radius 2 is 1.90 bits per heavy atom. The van der Waals surface area contributed by atoms with Gasteiger partial charge in [0.05, 0.1) is 13.7 Å². The Labute approximate surface area is 180 Å². The summed E-state index contributed by atoms with van der Waals surface area (Å²) in [5, 5.41) is 3.72. The zero-order chi connectivity index (χ0) is 22.2. The molecule has 0 spiro atoms. The van der Waals surface area contributed by atoms with Crippen molar-refractivity contribution in [3.63, 3.8) is 0 Å². The summed E-state index contributed by atoms with van der Waals surface area (Å²) in [7, 11) is 3.18. The van der Waals surface area contributed by atoms with E-state index in [1.54, 1.807) is 20.3 Å². The van der Waals surface area contributed by atoms with E-state index in [0.29, 0.717) is 43.1 Å². The summed E-state index contributed by atoms with van der Waals surface area (Å²) in [5.41, 5.74) is 2.32. The van der Waals surface area contributed by atoms with E-state index in [0.717, 1.165) is 22.3 Å². The van der Waals surface area contributed by atoms with Crippen molar-refractivity contribution in [2.45, 2.75) is 26.3 Å². The van der Waals surface area contributed by atoms with Crippen molar-refractivity contribution >= 4 is 16.9 Å². The van der Waals surface area contributed by atoms with Crippen molar-refractivity contribution in [3.8, 4) is 11.5 Å². The van der Waals surface area contributed by atoms with Crippen LogP contribution in [-0.4, -0.2) is 33.3 Å². The third-order valence-electron chi connectivity index (χ3n) is 5.04. The first-order valence-electron chi connectivity index (χ1n) is 10.1. The summed E-state index contributed by atoms with van der Waals surface area (Å²) in [6, 6.07) is 12.9. The van der Waals surface area contributed by atoms with Gasteiger partial charge in [0.1, 0.15) is 23.7 Å². The maximum absolute atomic E-state index is 12.4. The van der Waals surface area contributed by atoms with Crippen LogP contribution in [0.2, 0.25) is 0 Å². The lowest BCUT2D eigenvalue weighted by Gasteiger charge is -2.10. The molecule has 0 bridgehead atoms. The zero-order valence-corrected chi connectivity index (χ0v) is 18.0. The van der Waals surface area contributed by atoms with Crippen molar-refractivity contribution in [2.75, 3.05) is 27.4 Å². The van der Waals surface area contributed by atoms with Gasteiger partial charge >= 0.3 is 5.63 Å². The number of hydrogen-bond acceptors (Lipinski definition) is 6. The third-order valence-corrected chi connectivity index (χ3v) is 5.04. The molecular weight excluding hydrogens is 398 g/mol. The van der Waals surface area contributed by atoms with Crippen LogP contribution >= 0.6 is 0 Å². The van der Waals surface area contributed by atoms with Crippen LogP contribution in [0, 0.1) is 6.92 Å². The number of aryl methyl sites for hydroxylation is 1. The molecule has 0 aliphatic heterocycles. The van der Waals surface area contributed by atoms with Gasteiger partial charge in [0.15, 0.2) is 0 Å². The molecule has 1 heterocycles. The van der Waals surface area contributed by atoms with E-state index in [4.69, 9.17) is 18.6 Å². The Hall–Kier alpha value is -3.32. The van der Waals surface area contributed by atoms with Crippen LogP contribution in [0.4, 0.5) is 0 Å². The van der Waals surface area contributed by atoms with Crippen molar-refractivity contribution in [3.05, 3.63) is 69.6 Å². The van der Waals surface area contributed by atoms with E-state index >= 15 is 0 Å². The molecule has 0 aliphatic carbocycles. The summed E-state index contributed by atoms with van der Waals surface area (Å²) < 4.78 is 21.2. The zero-order valence-electron chi connectivity index (χ0n) is 18.0. The number of rotatable bonds is 10. The standard InChI is InChI=1S/C24H27NO6/c1-16-20-8-7-18(29-3)14-22(20)31-24(27)21(16)9-10-23(26)25-15-17-5-4-6-19(13-17)30-12-11-28-2/h4-8,13-14H,9-12,15H2,1-3H3,(H,25,26). The fourth-order valence-electron chi connectivity index (χ4n) is 3.31. The average Bonchev–Trinajstić information content (AvgIpc) is 2.77. The van der Waals surface area contributed by atoms with Crippen LogP contribution in [-0.2, 0) is 22.5 Å². The van der Waals surface area contributed by atoms with Crippen LogP contribution in [0.1, 0.15) is 23.1 Å². The second-order valence-corrected chi connectivity index (χ2v) is 7.12. The molecule has 1 aromatic heterocycles. The number of ether oxygens (including phenoxy) is 3. The molecule has 31 heavy (non-hydrogen) atoms. The Morgan fingerprint density at radius 1 is 1.06 bits per heavy atom. The minimum absolute atomic E-state index is 0.140. The fourth-order valence-corrected chi connectivity index (χ4v) is 3.31. The lowest BCUT2D eigenvalue weighted by atomic mass is 10.0. The molecule has 2 aromatic carbocycles. The highest BCUT2D eigenvalue weighted by molar-refractivity contribution is 5.82. The van der Waals surface area contributed by atoms with E-state index < -0.39 is 5.63 Å². The molecule has 0 atom stereocenters. The van der Waals surface area contributed by atoms with E-state index in [1.807, 2.05) is 43.3 Å². The van der Waals surface area contributed by atoms with Crippen molar-refractivity contribution in [1.29, 1.82) is 0 Å². The molecule has 0 fully saturated rings. The van der Waals surface area contributed by atoms with Gasteiger partial charge < -0.3 is 23.9 Å². The summed E-state index contributed by atoms with van der Waals surface area (Å²) in [6.07, 6.45) is 0.499. The number of nitrogens with one attached hydrogen (secondary N) is 1. The molecule has 0 aliphatic rings. The number of hydrogen-bond donors (Lipinski definition) is 1. The van der Waals surface area contributed by atoms with Gasteiger partial charge in [-0.15, -0.1) is 0 Å². The molecular formula is C24H27NO6. The lowest BCUT2D eigenvalue weighted by Crippen LogP contribution is -2.24. The maximum atomic E-state index is 12.4. The van der Waals surface area contributed by atoms with Gasteiger partial charge in [-0.1, -0.05) is 12.1 Å². The highest BCUT2D eigenvalue weighted by atomic mass is 16.5.